The first-order valence-electron chi connectivity index (χ1n) is 6.08. The molecule has 18 heavy (non-hydrogen) atoms. The lowest BCUT2D eigenvalue weighted by atomic mass is 10.0. The lowest BCUT2D eigenvalue weighted by molar-refractivity contribution is 0.557. The Labute approximate surface area is 111 Å². The van der Waals surface area contributed by atoms with Gasteiger partial charge in [-0.05, 0) is 20.3 Å². The maximum absolute atomic E-state index is 6.21. The first-order chi connectivity index (χ1) is 8.52. The molecule has 0 saturated carbocycles. The van der Waals surface area contributed by atoms with Crippen molar-refractivity contribution in [3.63, 3.8) is 0 Å². The van der Waals surface area contributed by atoms with E-state index in [0.29, 0.717) is 0 Å². The van der Waals surface area contributed by atoms with E-state index in [1.807, 2.05) is 13.8 Å². The molecule has 0 amide bonds. The molecule has 2 aromatic heterocycles. The highest BCUT2D eigenvalue weighted by Gasteiger charge is 2.23. The Morgan fingerprint density at radius 1 is 1.33 bits per heavy atom. The van der Waals surface area contributed by atoms with Gasteiger partial charge in [-0.25, -0.2) is 4.98 Å². The molecule has 0 spiro atoms. The number of thiazole rings is 1. The SMILES string of the molecule is CCCc1nc(-c2cnccn2)sc1C(C)(C)N. The van der Waals surface area contributed by atoms with Crippen LogP contribution in [-0.4, -0.2) is 15.0 Å². The van der Waals surface area contributed by atoms with Crippen LogP contribution in [0.2, 0.25) is 0 Å². The molecule has 0 atom stereocenters. The summed E-state index contributed by atoms with van der Waals surface area (Å²) in [4.78, 5) is 14.2. The summed E-state index contributed by atoms with van der Waals surface area (Å²) in [6.07, 6.45) is 7.10. The topological polar surface area (TPSA) is 64.7 Å². The molecule has 2 aromatic rings. The standard InChI is InChI=1S/C13H18N4S/c1-4-5-9-11(13(2,3)14)18-12(17-9)10-8-15-6-7-16-10/h6-8H,4-5,14H2,1-3H3. The van der Waals surface area contributed by atoms with Crippen LogP contribution < -0.4 is 5.73 Å². The lowest BCUT2D eigenvalue weighted by Gasteiger charge is -2.17. The van der Waals surface area contributed by atoms with Crippen LogP contribution in [0.4, 0.5) is 0 Å². The van der Waals surface area contributed by atoms with Gasteiger partial charge in [-0.1, -0.05) is 13.3 Å². The summed E-state index contributed by atoms with van der Waals surface area (Å²) in [5, 5.41) is 0.903. The van der Waals surface area contributed by atoms with E-state index in [4.69, 9.17) is 5.73 Å². The molecule has 0 radical (unpaired) electrons. The van der Waals surface area contributed by atoms with Gasteiger partial charge in [0.2, 0.25) is 0 Å². The van der Waals surface area contributed by atoms with E-state index in [0.717, 1.165) is 34.1 Å². The van der Waals surface area contributed by atoms with E-state index >= 15 is 0 Å². The Kier molecular flexibility index (Phi) is 3.73. The minimum atomic E-state index is -0.359. The van der Waals surface area contributed by atoms with E-state index in [-0.39, 0.29) is 5.54 Å². The van der Waals surface area contributed by atoms with Crippen molar-refractivity contribution in [2.75, 3.05) is 0 Å². The molecule has 0 aliphatic carbocycles. The fourth-order valence-electron chi connectivity index (χ4n) is 1.78. The fraction of sp³-hybridized carbons (Fsp3) is 0.462. The van der Waals surface area contributed by atoms with Gasteiger partial charge in [0.1, 0.15) is 10.7 Å². The number of nitrogens with two attached hydrogens (primary N) is 1. The van der Waals surface area contributed by atoms with Crippen molar-refractivity contribution in [1.82, 2.24) is 15.0 Å². The van der Waals surface area contributed by atoms with Crippen LogP contribution >= 0.6 is 11.3 Å². The van der Waals surface area contributed by atoms with Gasteiger partial charge in [0, 0.05) is 22.8 Å². The van der Waals surface area contributed by atoms with Crippen molar-refractivity contribution in [3.05, 3.63) is 29.2 Å². The maximum Gasteiger partial charge on any atom is 0.144 e. The molecule has 2 N–H and O–H groups in total. The molecule has 0 aliphatic rings. The van der Waals surface area contributed by atoms with Crippen LogP contribution in [0.5, 0.6) is 0 Å². The summed E-state index contributed by atoms with van der Waals surface area (Å²) in [5.41, 5.74) is 7.76. The van der Waals surface area contributed by atoms with Crippen LogP contribution in [0, 0.1) is 0 Å². The monoisotopic (exact) mass is 262 g/mol. The molecule has 0 aromatic carbocycles. The van der Waals surface area contributed by atoms with Crippen molar-refractivity contribution in [2.24, 2.45) is 5.73 Å². The smallest absolute Gasteiger partial charge is 0.144 e. The summed E-state index contributed by atoms with van der Waals surface area (Å²) in [7, 11) is 0. The number of aromatic nitrogens is 3. The van der Waals surface area contributed by atoms with Crippen LogP contribution in [0.15, 0.2) is 18.6 Å². The summed E-state index contributed by atoms with van der Waals surface area (Å²) < 4.78 is 0. The Morgan fingerprint density at radius 2 is 2.11 bits per heavy atom. The number of hydrogen-bond donors (Lipinski definition) is 1. The third-order valence-electron chi connectivity index (χ3n) is 2.55. The van der Waals surface area contributed by atoms with Crippen molar-refractivity contribution in [2.45, 2.75) is 39.2 Å². The van der Waals surface area contributed by atoms with Gasteiger partial charge in [0.25, 0.3) is 0 Å². The second-order valence-electron chi connectivity index (χ2n) is 4.86. The highest BCUT2D eigenvalue weighted by molar-refractivity contribution is 7.15. The summed E-state index contributed by atoms with van der Waals surface area (Å²) in [5.74, 6) is 0. The second kappa shape index (κ2) is 5.12. The van der Waals surface area contributed by atoms with Gasteiger partial charge < -0.3 is 5.73 Å². The average Bonchev–Trinajstić information content (AvgIpc) is 2.75. The maximum atomic E-state index is 6.21. The third-order valence-corrected chi connectivity index (χ3v) is 4.01. The number of hydrogen-bond acceptors (Lipinski definition) is 5. The molecule has 0 bridgehead atoms. The molecular formula is C13H18N4S. The fourth-order valence-corrected chi connectivity index (χ4v) is 2.87. The van der Waals surface area contributed by atoms with Gasteiger partial charge in [0.05, 0.1) is 11.9 Å². The van der Waals surface area contributed by atoms with Crippen molar-refractivity contribution in [1.29, 1.82) is 0 Å². The predicted octanol–water partition coefficient (Wildman–Crippen LogP) is 2.75. The summed E-state index contributed by atoms with van der Waals surface area (Å²) in [6.45, 7) is 6.18. The Balaban J connectivity index is 2.46. The summed E-state index contributed by atoms with van der Waals surface area (Å²) >= 11 is 1.62. The van der Waals surface area contributed by atoms with E-state index in [1.54, 1.807) is 29.9 Å². The van der Waals surface area contributed by atoms with Crippen LogP contribution in [0.3, 0.4) is 0 Å². The van der Waals surface area contributed by atoms with Gasteiger partial charge in [-0.3, -0.25) is 9.97 Å². The third kappa shape index (κ3) is 2.73. The normalized spacial score (nSPS) is 11.8. The molecular weight excluding hydrogens is 244 g/mol. The van der Waals surface area contributed by atoms with E-state index in [1.165, 1.54) is 0 Å². The van der Waals surface area contributed by atoms with E-state index in [2.05, 4.69) is 21.9 Å². The molecule has 4 nitrogen and oxygen atoms in total. The molecule has 0 aliphatic heterocycles. The first kappa shape index (κ1) is 13.1. The lowest BCUT2D eigenvalue weighted by Crippen LogP contribution is -2.28. The predicted molar refractivity (Wildman–Crippen MR) is 74.3 cm³/mol. The minimum absolute atomic E-state index is 0.359. The van der Waals surface area contributed by atoms with Crippen LogP contribution in [0.1, 0.15) is 37.8 Å². The molecule has 5 heteroatoms. The van der Waals surface area contributed by atoms with Crippen molar-refractivity contribution < 1.29 is 0 Å². The molecule has 96 valence electrons. The zero-order valence-electron chi connectivity index (χ0n) is 11.0. The zero-order chi connectivity index (χ0) is 13.2. The highest BCUT2D eigenvalue weighted by Crippen LogP contribution is 2.33. The van der Waals surface area contributed by atoms with Gasteiger partial charge in [-0.15, -0.1) is 11.3 Å². The van der Waals surface area contributed by atoms with Gasteiger partial charge >= 0.3 is 0 Å². The Morgan fingerprint density at radius 3 is 2.67 bits per heavy atom. The molecule has 0 saturated heterocycles. The molecule has 2 heterocycles. The van der Waals surface area contributed by atoms with Crippen LogP contribution in [0.25, 0.3) is 10.7 Å². The van der Waals surface area contributed by atoms with E-state index < -0.39 is 0 Å². The Hall–Kier alpha value is -1.33. The van der Waals surface area contributed by atoms with Crippen molar-refractivity contribution >= 4 is 11.3 Å². The van der Waals surface area contributed by atoms with Crippen molar-refractivity contribution in [3.8, 4) is 10.7 Å². The van der Waals surface area contributed by atoms with Crippen LogP contribution in [-0.2, 0) is 12.0 Å². The number of aryl methyl sites for hydroxylation is 1. The quantitative estimate of drug-likeness (QED) is 0.920. The first-order valence-corrected chi connectivity index (χ1v) is 6.89. The minimum Gasteiger partial charge on any atom is -0.321 e. The summed E-state index contributed by atoms with van der Waals surface area (Å²) in [6, 6.07) is 0. The zero-order valence-corrected chi connectivity index (χ0v) is 11.8. The number of rotatable bonds is 4. The molecule has 0 unspecified atom stereocenters. The highest BCUT2D eigenvalue weighted by atomic mass is 32.1. The molecule has 0 fully saturated rings. The van der Waals surface area contributed by atoms with E-state index in [9.17, 15) is 0 Å². The Bertz CT molecular complexity index is 514. The van der Waals surface area contributed by atoms with Gasteiger partial charge in [0.15, 0.2) is 0 Å². The molecule has 2 rings (SSSR count). The second-order valence-corrected chi connectivity index (χ2v) is 5.86. The average molecular weight is 262 g/mol. The van der Waals surface area contributed by atoms with Gasteiger partial charge in [-0.2, -0.15) is 0 Å². The number of nitrogens with zero attached hydrogens (tertiary/aromatic N) is 3. The largest absolute Gasteiger partial charge is 0.321 e.